The molecule has 2 N–H and O–H groups in total. The second-order valence-corrected chi connectivity index (χ2v) is 9.90. The molecule has 0 aromatic carbocycles. The molecule has 2 nitrogen and oxygen atoms in total. The summed E-state index contributed by atoms with van der Waals surface area (Å²) < 4.78 is 42.6. The summed E-state index contributed by atoms with van der Waals surface area (Å²) in [4.78, 5) is 0. The summed E-state index contributed by atoms with van der Waals surface area (Å²) in [5.41, 5.74) is 5.09. The van der Waals surface area contributed by atoms with Crippen LogP contribution >= 0.6 is 0 Å². The molecular weight excluding hydrogens is 223 g/mol. The fourth-order valence-corrected chi connectivity index (χ4v) is 2.08. The van der Waals surface area contributed by atoms with Crippen LogP contribution in [0.4, 0.5) is 13.2 Å². The Hall–Kier alpha value is -0.0731. The molecule has 0 radical (unpaired) electrons. The van der Waals surface area contributed by atoms with Gasteiger partial charge in [0.1, 0.15) is 0 Å². The zero-order valence-corrected chi connectivity index (χ0v) is 10.9. The van der Waals surface area contributed by atoms with Crippen LogP contribution in [0.25, 0.3) is 0 Å². The Balaban J connectivity index is 4.70. The third kappa shape index (κ3) is 4.12. The fraction of sp³-hybridized carbons (Fsp3) is 1.00. The largest absolute Gasteiger partial charge is 0.414 e. The van der Waals surface area contributed by atoms with E-state index >= 15 is 0 Å². The van der Waals surface area contributed by atoms with Gasteiger partial charge in [-0.1, -0.05) is 20.8 Å². The maximum atomic E-state index is 12.5. The van der Waals surface area contributed by atoms with Crippen molar-refractivity contribution < 1.29 is 17.6 Å². The topological polar surface area (TPSA) is 35.2 Å². The molecule has 0 aromatic heterocycles. The van der Waals surface area contributed by atoms with Crippen LogP contribution in [0.15, 0.2) is 0 Å². The summed E-state index contributed by atoms with van der Waals surface area (Å²) in [6.45, 7) is 8.72. The standard InChI is InChI=1S/C9H20F3NOSi/c1-8(2,3)15(4,5)14-7(6-13)9(10,11)12/h7H,6,13H2,1-5H3. The van der Waals surface area contributed by atoms with Crippen LogP contribution in [0, 0.1) is 0 Å². The van der Waals surface area contributed by atoms with Gasteiger partial charge in [0.15, 0.2) is 14.4 Å². The van der Waals surface area contributed by atoms with Crippen LogP contribution in [-0.2, 0) is 4.43 Å². The van der Waals surface area contributed by atoms with Crippen molar-refractivity contribution in [3.63, 3.8) is 0 Å². The van der Waals surface area contributed by atoms with Crippen molar-refractivity contribution in [2.45, 2.75) is 51.2 Å². The van der Waals surface area contributed by atoms with Crippen molar-refractivity contribution in [2.75, 3.05) is 6.54 Å². The summed E-state index contributed by atoms with van der Waals surface area (Å²) >= 11 is 0. The van der Waals surface area contributed by atoms with E-state index < -0.39 is 27.1 Å². The molecule has 0 fully saturated rings. The second-order valence-electron chi connectivity index (χ2n) is 5.14. The molecule has 0 rings (SSSR count). The molecule has 15 heavy (non-hydrogen) atoms. The van der Waals surface area contributed by atoms with Gasteiger partial charge in [-0.3, -0.25) is 0 Å². The van der Waals surface area contributed by atoms with Crippen molar-refractivity contribution in [1.29, 1.82) is 0 Å². The molecule has 0 heterocycles. The third-order valence-electron chi connectivity index (χ3n) is 2.82. The third-order valence-corrected chi connectivity index (χ3v) is 7.31. The van der Waals surface area contributed by atoms with Crippen LogP contribution in [-0.4, -0.2) is 27.1 Å². The number of alkyl halides is 3. The van der Waals surface area contributed by atoms with Gasteiger partial charge < -0.3 is 10.2 Å². The Morgan fingerprint density at radius 2 is 1.60 bits per heavy atom. The van der Waals surface area contributed by atoms with Crippen LogP contribution in [0.1, 0.15) is 20.8 Å². The zero-order chi connectivity index (χ0) is 12.5. The highest BCUT2D eigenvalue weighted by Gasteiger charge is 2.47. The Bertz CT molecular complexity index is 210. The second kappa shape index (κ2) is 4.43. The summed E-state index contributed by atoms with van der Waals surface area (Å²) in [6.07, 6.45) is -6.21. The van der Waals surface area contributed by atoms with E-state index in [1.54, 1.807) is 13.1 Å². The van der Waals surface area contributed by atoms with Gasteiger partial charge in [0.25, 0.3) is 0 Å². The maximum Gasteiger partial charge on any atom is 0.414 e. The number of hydrogen-bond acceptors (Lipinski definition) is 2. The van der Waals surface area contributed by atoms with Crippen molar-refractivity contribution in [3.8, 4) is 0 Å². The molecule has 0 amide bonds. The molecule has 0 aromatic rings. The van der Waals surface area contributed by atoms with Crippen LogP contribution in [0.3, 0.4) is 0 Å². The number of nitrogens with two attached hydrogens (primary N) is 1. The van der Waals surface area contributed by atoms with E-state index in [-0.39, 0.29) is 5.04 Å². The highest BCUT2D eigenvalue weighted by atomic mass is 28.4. The first-order valence-corrected chi connectivity index (χ1v) is 7.77. The normalized spacial score (nSPS) is 16.6. The van der Waals surface area contributed by atoms with E-state index in [2.05, 4.69) is 0 Å². The molecule has 0 spiro atoms. The van der Waals surface area contributed by atoms with E-state index in [1.165, 1.54) is 0 Å². The maximum absolute atomic E-state index is 12.5. The number of hydrogen-bond donors (Lipinski definition) is 1. The quantitative estimate of drug-likeness (QED) is 0.774. The SMILES string of the molecule is CC(C)(C)[Si](C)(C)OC(CN)C(F)(F)F. The fourth-order valence-electron chi connectivity index (χ4n) is 0.781. The molecule has 0 aliphatic rings. The summed E-state index contributed by atoms with van der Waals surface area (Å²) in [6, 6.07) is 0. The molecule has 92 valence electrons. The van der Waals surface area contributed by atoms with Crippen molar-refractivity contribution >= 4 is 8.32 Å². The van der Waals surface area contributed by atoms with Gasteiger partial charge >= 0.3 is 6.18 Å². The van der Waals surface area contributed by atoms with Gasteiger partial charge in [-0.05, 0) is 18.1 Å². The first-order valence-electron chi connectivity index (χ1n) is 4.86. The lowest BCUT2D eigenvalue weighted by atomic mass is 10.2. The van der Waals surface area contributed by atoms with E-state index in [0.29, 0.717) is 0 Å². The average molecular weight is 243 g/mol. The summed E-state index contributed by atoms with van der Waals surface area (Å²) in [7, 11) is -2.40. The first-order chi connectivity index (χ1) is 6.42. The summed E-state index contributed by atoms with van der Waals surface area (Å²) in [5, 5.41) is -0.244. The minimum Gasteiger partial charge on any atom is -0.404 e. The smallest absolute Gasteiger partial charge is 0.404 e. The van der Waals surface area contributed by atoms with E-state index in [9.17, 15) is 13.2 Å². The highest BCUT2D eigenvalue weighted by molar-refractivity contribution is 6.74. The molecule has 0 aliphatic heterocycles. The van der Waals surface area contributed by atoms with Crippen LogP contribution in [0.2, 0.25) is 18.1 Å². The first kappa shape index (κ1) is 14.9. The van der Waals surface area contributed by atoms with E-state index in [4.69, 9.17) is 10.2 Å². The molecule has 6 heteroatoms. The lowest BCUT2D eigenvalue weighted by Crippen LogP contribution is -2.50. The molecular formula is C9H20F3NOSi. The highest BCUT2D eigenvalue weighted by Crippen LogP contribution is 2.39. The Kier molecular flexibility index (Phi) is 4.41. The number of rotatable bonds is 3. The van der Waals surface area contributed by atoms with Gasteiger partial charge in [-0.15, -0.1) is 0 Å². The Labute approximate surface area is 90.1 Å². The van der Waals surface area contributed by atoms with Gasteiger partial charge in [-0.2, -0.15) is 13.2 Å². The van der Waals surface area contributed by atoms with Gasteiger partial charge in [0.05, 0.1) is 0 Å². The van der Waals surface area contributed by atoms with Gasteiger partial charge in [0, 0.05) is 6.54 Å². The van der Waals surface area contributed by atoms with Gasteiger partial charge in [-0.25, -0.2) is 0 Å². The average Bonchev–Trinajstić information content (AvgIpc) is 1.95. The monoisotopic (exact) mass is 243 g/mol. The predicted molar refractivity (Wildman–Crippen MR) is 57.2 cm³/mol. The molecule has 0 saturated carbocycles. The molecule has 1 atom stereocenters. The lowest BCUT2D eigenvalue weighted by Gasteiger charge is -2.39. The minimum absolute atomic E-state index is 0.244. The number of halogens is 3. The Morgan fingerprint density at radius 1 is 1.20 bits per heavy atom. The van der Waals surface area contributed by atoms with Crippen molar-refractivity contribution in [1.82, 2.24) is 0 Å². The molecule has 0 aliphatic carbocycles. The summed E-state index contributed by atoms with van der Waals surface area (Å²) in [5.74, 6) is 0. The molecule has 0 saturated heterocycles. The minimum atomic E-state index is -4.37. The molecule has 1 unspecified atom stereocenters. The lowest BCUT2D eigenvalue weighted by molar-refractivity contribution is -0.194. The van der Waals surface area contributed by atoms with Crippen LogP contribution in [0.5, 0.6) is 0 Å². The van der Waals surface area contributed by atoms with Gasteiger partial charge in [0.2, 0.25) is 0 Å². The van der Waals surface area contributed by atoms with Crippen molar-refractivity contribution in [2.24, 2.45) is 5.73 Å². The van der Waals surface area contributed by atoms with E-state index in [1.807, 2.05) is 20.8 Å². The van der Waals surface area contributed by atoms with Crippen LogP contribution < -0.4 is 5.73 Å². The molecule has 0 bridgehead atoms. The zero-order valence-electron chi connectivity index (χ0n) is 9.90. The predicted octanol–water partition coefficient (Wildman–Crippen LogP) is 2.90. The van der Waals surface area contributed by atoms with Crippen molar-refractivity contribution in [3.05, 3.63) is 0 Å². The Morgan fingerprint density at radius 3 is 1.80 bits per heavy atom. The van der Waals surface area contributed by atoms with E-state index in [0.717, 1.165) is 0 Å².